The zero-order chi connectivity index (χ0) is 21.3. The first-order valence-corrected chi connectivity index (χ1v) is 9.49. The second-order valence-corrected chi connectivity index (χ2v) is 7.05. The molecular formula is C21H19F3N2O4. The maximum atomic E-state index is 13.3. The number of alkyl halides is 3. The molecule has 4 rings (SSSR count). The molecule has 2 heterocycles. The van der Waals surface area contributed by atoms with Crippen molar-refractivity contribution in [2.75, 3.05) is 33.0 Å². The standard InChI is InChI=1S/C21H19F3N2O4/c22-21(23,24)16-5-2-1-4-15(16)20(28)26-9-3-8-25(10-11-26)19(27)14-6-7-17-18(12-14)30-13-29-17/h1-2,4-7,12H,3,8-11,13H2. The third kappa shape index (κ3) is 3.92. The van der Waals surface area contributed by atoms with E-state index in [0.717, 1.165) is 6.07 Å². The second-order valence-electron chi connectivity index (χ2n) is 7.05. The van der Waals surface area contributed by atoms with Gasteiger partial charge in [0.1, 0.15) is 0 Å². The Balaban J connectivity index is 1.47. The van der Waals surface area contributed by atoms with Crippen molar-refractivity contribution in [3.8, 4) is 11.5 Å². The summed E-state index contributed by atoms with van der Waals surface area (Å²) in [5.74, 6) is 0.164. The highest BCUT2D eigenvalue weighted by molar-refractivity contribution is 5.97. The molecule has 0 atom stereocenters. The van der Waals surface area contributed by atoms with Crippen LogP contribution in [0.5, 0.6) is 11.5 Å². The average molecular weight is 420 g/mol. The van der Waals surface area contributed by atoms with E-state index in [1.54, 1.807) is 23.1 Å². The fourth-order valence-electron chi connectivity index (χ4n) is 3.62. The Morgan fingerprint density at radius 1 is 0.833 bits per heavy atom. The topological polar surface area (TPSA) is 59.1 Å². The van der Waals surface area contributed by atoms with E-state index in [4.69, 9.17) is 9.47 Å². The number of hydrogen-bond acceptors (Lipinski definition) is 4. The van der Waals surface area contributed by atoms with Crippen molar-refractivity contribution in [3.63, 3.8) is 0 Å². The normalized spacial score (nSPS) is 16.4. The van der Waals surface area contributed by atoms with E-state index in [0.29, 0.717) is 30.0 Å². The minimum atomic E-state index is -4.61. The molecule has 0 saturated carbocycles. The molecule has 2 aliphatic heterocycles. The number of ether oxygens (including phenoxy) is 2. The highest BCUT2D eigenvalue weighted by Gasteiger charge is 2.36. The minimum absolute atomic E-state index is 0.104. The van der Waals surface area contributed by atoms with E-state index < -0.39 is 17.6 Å². The fraction of sp³-hybridized carbons (Fsp3) is 0.333. The molecule has 0 N–H and O–H groups in total. The molecule has 1 saturated heterocycles. The highest BCUT2D eigenvalue weighted by atomic mass is 19.4. The van der Waals surface area contributed by atoms with Crippen molar-refractivity contribution in [2.24, 2.45) is 0 Å². The number of nitrogens with zero attached hydrogens (tertiary/aromatic N) is 2. The van der Waals surface area contributed by atoms with E-state index in [1.807, 2.05) is 0 Å². The highest BCUT2D eigenvalue weighted by Crippen LogP contribution is 2.34. The molecule has 0 aromatic heterocycles. The molecule has 2 amide bonds. The zero-order valence-corrected chi connectivity index (χ0v) is 15.9. The molecule has 2 aromatic rings. The van der Waals surface area contributed by atoms with Crippen molar-refractivity contribution >= 4 is 11.8 Å². The van der Waals surface area contributed by atoms with Gasteiger partial charge in [-0.25, -0.2) is 0 Å². The van der Waals surface area contributed by atoms with Crippen LogP contribution in [-0.4, -0.2) is 54.6 Å². The first kappa shape index (κ1) is 20.1. The summed E-state index contributed by atoms with van der Waals surface area (Å²) in [6.45, 7) is 1.16. The Hall–Kier alpha value is -3.23. The van der Waals surface area contributed by atoms with E-state index in [9.17, 15) is 22.8 Å². The van der Waals surface area contributed by atoms with Crippen LogP contribution in [-0.2, 0) is 6.18 Å². The molecule has 0 unspecified atom stereocenters. The average Bonchev–Trinajstić information content (AvgIpc) is 3.07. The van der Waals surface area contributed by atoms with E-state index in [-0.39, 0.29) is 37.9 Å². The van der Waals surface area contributed by atoms with Gasteiger partial charge in [-0.15, -0.1) is 0 Å². The molecule has 2 aromatic carbocycles. The molecule has 0 spiro atoms. The summed E-state index contributed by atoms with van der Waals surface area (Å²) in [7, 11) is 0. The van der Waals surface area contributed by atoms with Gasteiger partial charge in [0.25, 0.3) is 11.8 Å². The maximum absolute atomic E-state index is 13.3. The van der Waals surface area contributed by atoms with Crippen LogP contribution in [0.2, 0.25) is 0 Å². The number of carbonyl (C=O) groups is 2. The van der Waals surface area contributed by atoms with Gasteiger partial charge in [0, 0.05) is 31.7 Å². The summed E-state index contributed by atoms with van der Waals surface area (Å²) in [6.07, 6.45) is -4.14. The minimum Gasteiger partial charge on any atom is -0.454 e. The Kier molecular flexibility index (Phi) is 5.27. The van der Waals surface area contributed by atoms with E-state index in [1.165, 1.54) is 23.1 Å². The van der Waals surface area contributed by atoms with Crippen molar-refractivity contribution in [1.29, 1.82) is 0 Å². The van der Waals surface area contributed by atoms with Gasteiger partial charge in [-0.1, -0.05) is 12.1 Å². The van der Waals surface area contributed by atoms with Crippen molar-refractivity contribution in [1.82, 2.24) is 9.80 Å². The lowest BCUT2D eigenvalue weighted by Crippen LogP contribution is -2.38. The van der Waals surface area contributed by atoms with Crippen LogP contribution in [0.15, 0.2) is 42.5 Å². The first-order valence-electron chi connectivity index (χ1n) is 9.49. The third-order valence-electron chi connectivity index (χ3n) is 5.15. The monoisotopic (exact) mass is 420 g/mol. The van der Waals surface area contributed by atoms with Crippen LogP contribution < -0.4 is 9.47 Å². The lowest BCUT2D eigenvalue weighted by atomic mass is 10.1. The molecule has 0 radical (unpaired) electrons. The Labute approximate surface area is 170 Å². The molecule has 30 heavy (non-hydrogen) atoms. The summed E-state index contributed by atoms with van der Waals surface area (Å²) in [5.41, 5.74) is -0.894. The molecule has 9 heteroatoms. The van der Waals surface area contributed by atoms with Gasteiger partial charge < -0.3 is 19.3 Å². The second kappa shape index (κ2) is 7.89. The van der Waals surface area contributed by atoms with Crippen LogP contribution in [0, 0.1) is 0 Å². The number of carbonyl (C=O) groups excluding carboxylic acids is 2. The van der Waals surface area contributed by atoms with E-state index in [2.05, 4.69) is 0 Å². The summed E-state index contributed by atoms with van der Waals surface area (Å²) < 4.78 is 50.3. The van der Waals surface area contributed by atoms with Crippen molar-refractivity contribution < 1.29 is 32.2 Å². The number of hydrogen-bond donors (Lipinski definition) is 0. The molecule has 0 aliphatic carbocycles. The summed E-state index contributed by atoms with van der Waals surface area (Å²) in [4.78, 5) is 28.6. The summed E-state index contributed by atoms with van der Waals surface area (Å²) in [5, 5.41) is 0. The van der Waals surface area contributed by atoms with Crippen LogP contribution in [0.3, 0.4) is 0 Å². The molecule has 158 valence electrons. The molecule has 2 aliphatic rings. The fourth-order valence-corrected chi connectivity index (χ4v) is 3.62. The van der Waals surface area contributed by atoms with Crippen LogP contribution >= 0.6 is 0 Å². The van der Waals surface area contributed by atoms with E-state index >= 15 is 0 Å². The molecule has 0 bridgehead atoms. The number of fused-ring (bicyclic) bond motifs is 1. The quantitative estimate of drug-likeness (QED) is 0.747. The van der Waals surface area contributed by atoms with Gasteiger partial charge in [0.2, 0.25) is 6.79 Å². The van der Waals surface area contributed by atoms with Gasteiger partial charge in [0.05, 0.1) is 11.1 Å². The maximum Gasteiger partial charge on any atom is 0.417 e. The summed E-state index contributed by atoms with van der Waals surface area (Å²) in [6, 6.07) is 9.67. The van der Waals surface area contributed by atoms with Gasteiger partial charge in [-0.2, -0.15) is 13.2 Å². The lowest BCUT2D eigenvalue weighted by Gasteiger charge is -2.23. The first-order chi connectivity index (χ1) is 14.3. The largest absolute Gasteiger partial charge is 0.454 e. The number of halogens is 3. The van der Waals surface area contributed by atoms with Crippen molar-refractivity contribution in [2.45, 2.75) is 12.6 Å². The van der Waals surface area contributed by atoms with Gasteiger partial charge >= 0.3 is 6.18 Å². The lowest BCUT2D eigenvalue weighted by molar-refractivity contribution is -0.138. The molecule has 1 fully saturated rings. The SMILES string of the molecule is O=C(c1ccc2c(c1)OCO2)N1CCCN(C(=O)c2ccccc2C(F)(F)F)CC1. The Morgan fingerprint density at radius 2 is 1.50 bits per heavy atom. The predicted molar refractivity (Wildman–Crippen MR) is 100 cm³/mol. The Morgan fingerprint density at radius 3 is 2.23 bits per heavy atom. The zero-order valence-electron chi connectivity index (χ0n) is 15.9. The van der Waals surface area contributed by atoms with Crippen molar-refractivity contribution in [3.05, 3.63) is 59.2 Å². The van der Waals surface area contributed by atoms with Gasteiger partial charge in [-0.05, 0) is 36.8 Å². The number of amides is 2. The van der Waals surface area contributed by atoms with Crippen LogP contribution in [0.25, 0.3) is 0 Å². The third-order valence-corrected chi connectivity index (χ3v) is 5.15. The predicted octanol–water partition coefficient (Wildman–Crippen LogP) is 3.42. The summed E-state index contributed by atoms with van der Waals surface area (Å²) >= 11 is 0. The van der Waals surface area contributed by atoms with Gasteiger partial charge in [-0.3, -0.25) is 9.59 Å². The smallest absolute Gasteiger partial charge is 0.417 e. The van der Waals surface area contributed by atoms with Crippen LogP contribution in [0.4, 0.5) is 13.2 Å². The van der Waals surface area contributed by atoms with Crippen LogP contribution in [0.1, 0.15) is 32.7 Å². The molecular weight excluding hydrogens is 401 g/mol. The Bertz CT molecular complexity index is 977. The molecule has 6 nitrogen and oxygen atoms in total. The van der Waals surface area contributed by atoms with Gasteiger partial charge in [0.15, 0.2) is 11.5 Å². The number of rotatable bonds is 2. The number of benzene rings is 2.